The zero-order valence-corrected chi connectivity index (χ0v) is 19.7. The summed E-state index contributed by atoms with van der Waals surface area (Å²) in [5.41, 5.74) is 3.86. The molecule has 5 rings (SSSR count). The fraction of sp³-hybridized carbons (Fsp3) is 0.188. The molecule has 0 spiro atoms. The molecule has 0 heterocycles. The highest BCUT2D eigenvalue weighted by molar-refractivity contribution is 6.11. The lowest BCUT2D eigenvalue weighted by Gasteiger charge is -2.19. The summed E-state index contributed by atoms with van der Waals surface area (Å²) in [7, 11) is 0. The van der Waals surface area contributed by atoms with Crippen LogP contribution in [-0.2, 0) is 19.3 Å². The average molecular weight is 447 g/mol. The van der Waals surface area contributed by atoms with Crippen LogP contribution in [0.3, 0.4) is 0 Å². The number of rotatable bonds is 9. The first-order valence-electron chi connectivity index (χ1n) is 12.1. The van der Waals surface area contributed by atoms with Crippen LogP contribution in [0.15, 0.2) is 103 Å². The Bertz CT molecular complexity index is 1370. The first-order valence-corrected chi connectivity index (χ1v) is 12.1. The molecule has 0 aromatic heterocycles. The quantitative estimate of drug-likeness (QED) is 0.215. The third kappa shape index (κ3) is 4.77. The zero-order chi connectivity index (χ0) is 23.2. The van der Waals surface area contributed by atoms with Crippen molar-refractivity contribution in [1.82, 2.24) is 0 Å². The second-order valence-electron chi connectivity index (χ2n) is 8.61. The molecule has 0 radical (unpaired) electrons. The summed E-state index contributed by atoms with van der Waals surface area (Å²) in [5.74, 6) is 1.90. The lowest BCUT2D eigenvalue weighted by Crippen LogP contribution is -2.05. The van der Waals surface area contributed by atoms with Gasteiger partial charge in [0.2, 0.25) is 0 Å². The van der Waals surface area contributed by atoms with Crippen molar-refractivity contribution >= 4 is 21.5 Å². The predicted octanol–water partition coefficient (Wildman–Crippen LogP) is 7.80. The summed E-state index contributed by atoms with van der Waals surface area (Å²) < 4.78 is 13.0. The van der Waals surface area contributed by atoms with Crippen LogP contribution in [0.4, 0.5) is 0 Å². The van der Waals surface area contributed by atoms with Crippen molar-refractivity contribution in [3.8, 4) is 11.5 Å². The van der Waals surface area contributed by atoms with Gasteiger partial charge in [0, 0.05) is 34.4 Å². The van der Waals surface area contributed by atoms with E-state index in [0.29, 0.717) is 13.2 Å². The van der Waals surface area contributed by atoms with E-state index in [1.54, 1.807) is 0 Å². The molecule has 0 aliphatic heterocycles. The Morgan fingerprint density at radius 1 is 0.471 bits per heavy atom. The van der Waals surface area contributed by atoms with Crippen molar-refractivity contribution in [1.29, 1.82) is 0 Å². The highest BCUT2D eigenvalue weighted by atomic mass is 16.5. The van der Waals surface area contributed by atoms with Crippen LogP contribution < -0.4 is 9.47 Å². The van der Waals surface area contributed by atoms with Gasteiger partial charge in [0.25, 0.3) is 0 Å². The summed E-state index contributed by atoms with van der Waals surface area (Å²) in [5, 5.41) is 4.44. The summed E-state index contributed by atoms with van der Waals surface area (Å²) >= 11 is 0. The second kappa shape index (κ2) is 10.4. The fourth-order valence-corrected chi connectivity index (χ4v) is 4.51. The molecule has 0 saturated carbocycles. The van der Waals surface area contributed by atoms with Crippen LogP contribution >= 0.6 is 0 Å². The van der Waals surface area contributed by atoms with Gasteiger partial charge in [-0.2, -0.15) is 0 Å². The first kappa shape index (κ1) is 22.0. The molecule has 0 aliphatic rings. The van der Waals surface area contributed by atoms with Crippen LogP contribution in [0.5, 0.6) is 11.5 Å². The Morgan fingerprint density at radius 3 is 1.47 bits per heavy atom. The van der Waals surface area contributed by atoms with E-state index >= 15 is 0 Å². The topological polar surface area (TPSA) is 18.5 Å². The largest absolute Gasteiger partial charge is 0.492 e. The normalized spacial score (nSPS) is 11.1. The molecule has 0 atom stereocenters. The molecule has 170 valence electrons. The molecular formula is C32H30O2. The van der Waals surface area contributed by atoms with E-state index in [0.717, 1.165) is 52.3 Å². The summed E-state index contributed by atoms with van der Waals surface area (Å²) in [4.78, 5) is 0. The van der Waals surface area contributed by atoms with Gasteiger partial charge in [-0.05, 0) is 29.2 Å². The van der Waals surface area contributed by atoms with Gasteiger partial charge in [0.1, 0.15) is 11.5 Å². The van der Waals surface area contributed by atoms with Crippen LogP contribution in [-0.4, -0.2) is 13.2 Å². The van der Waals surface area contributed by atoms with Crippen LogP contribution in [0.25, 0.3) is 21.5 Å². The second-order valence-corrected chi connectivity index (χ2v) is 8.61. The third-order valence-electron chi connectivity index (χ3n) is 6.36. The summed E-state index contributed by atoms with van der Waals surface area (Å²) in [6.07, 6.45) is 2.73. The minimum Gasteiger partial charge on any atom is -0.492 e. The molecule has 0 amide bonds. The molecule has 34 heavy (non-hydrogen) atoms. The lowest BCUT2D eigenvalue weighted by atomic mass is 9.98. The molecule has 0 fully saturated rings. The molecule has 0 unspecified atom stereocenters. The SMILES string of the molecule is CCc1ccc2c(OCCc3ccccc3)c3ccccc3c(OCCc3ccccc3)c2c1. The Kier molecular flexibility index (Phi) is 6.76. The highest BCUT2D eigenvalue weighted by Crippen LogP contribution is 2.43. The molecular weight excluding hydrogens is 416 g/mol. The van der Waals surface area contributed by atoms with Gasteiger partial charge >= 0.3 is 0 Å². The number of hydrogen-bond acceptors (Lipinski definition) is 2. The molecule has 5 aromatic rings. The minimum absolute atomic E-state index is 0.632. The van der Waals surface area contributed by atoms with Gasteiger partial charge in [-0.3, -0.25) is 0 Å². The number of hydrogen-bond donors (Lipinski definition) is 0. The number of aryl methyl sites for hydroxylation is 1. The molecule has 2 nitrogen and oxygen atoms in total. The Balaban J connectivity index is 1.52. The molecule has 0 saturated heterocycles. The van der Waals surface area contributed by atoms with E-state index in [9.17, 15) is 0 Å². The van der Waals surface area contributed by atoms with Crippen molar-refractivity contribution in [3.63, 3.8) is 0 Å². The van der Waals surface area contributed by atoms with E-state index < -0.39 is 0 Å². The number of benzene rings is 5. The Hall–Kier alpha value is -3.78. The van der Waals surface area contributed by atoms with Crippen LogP contribution in [0.1, 0.15) is 23.6 Å². The van der Waals surface area contributed by atoms with Crippen molar-refractivity contribution in [2.45, 2.75) is 26.2 Å². The van der Waals surface area contributed by atoms with E-state index in [-0.39, 0.29) is 0 Å². The maximum Gasteiger partial charge on any atom is 0.135 e. The van der Waals surface area contributed by atoms with Gasteiger partial charge in [-0.15, -0.1) is 0 Å². The van der Waals surface area contributed by atoms with Crippen LogP contribution in [0, 0.1) is 0 Å². The molecule has 0 bridgehead atoms. The lowest BCUT2D eigenvalue weighted by molar-refractivity contribution is 0.324. The van der Waals surface area contributed by atoms with Gasteiger partial charge in [-0.25, -0.2) is 0 Å². The van der Waals surface area contributed by atoms with E-state index in [2.05, 4.69) is 97.9 Å². The summed E-state index contributed by atoms with van der Waals surface area (Å²) in [6, 6.07) is 36.1. The highest BCUT2D eigenvalue weighted by Gasteiger charge is 2.16. The first-order chi connectivity index (χ1) is 16.8. The van der Waals surface area contributed by atoms with Crippen molar-refractivity contribution < 1.29 is 9.47 Å². The minimum atomic E-state index is 0.632. The van der Waals surface area contributed by atoms with E-state index in [1.807, 2.05) is 12.1 Å². The molecule has 5 aromatic carbocycles. The molecule has 0 N–H and O–H groups in total. The van der Waals surface area contributed by atoms with Crippen molar-refractivity contribution in [3.05, 3.63) is 120 Å². The maximum absolute atomic E-state index is 6.51. The molecule has 2 heteroatoms. The van der Waals surface area contributed by atoms with Gasteiger partial charge in [-0.1, -0.05) is 104 Å². The Morgan fingerprint density at radius 2 is 0.941 bits per heavy atom. The van der Waals surface area contributed by atoms with E-state index in [1.165, 1.54) is 16.7 Å². The van der Waals surface area contributed by atoms with E-state index in [4.69, 9.17) is 9.47 Å². The predicted molar refractivity (Wildman–Crippen MR) is 142 cm³/mol. The standard InChI is InChI=1S/C32H30O2/c1-2-24-17-18-29-30(23-24)32(34-22-20-26-13-7-4-8-14-26)28-16-10-9-15-27(28)31(29)33-21-19-25-11-5-3-6-12-25/h3-18,23H,2,19-22H2,1H3. The van der Waals surface area contributed by atoms with Gasteiger partial charge < -0.3 is 9.47 Å². The van der Waals surface area contributed by atoms with Crippen molar-refractivity contribution in [2.24, 2.45) is 0 Å². The Labute approximate surface area is 201 Å². The zero-order valence-electron chi connectivity index (χ0n) is 19.7. The third-order valence-corrected chi connectivity index (χ3v) is 6.36. The van der Waals surface area contributed by atoms with Gasteiger partial charge in [0.15, 0.2) is 0 Å². The number of ether oxygens (including phenoxy) is 2. The fourth-order valence-electron chi connectivity index (χ4n) is 4.51. The summed E-state index contributed by atoms with van der Waals surface area (Å²) in [6.45, 7) is 3.45. The average Bonchev–Trinajstić information content (AvgIpc) is 2.90. The maximum atomic E-state index is 6.51. The monoisotopic (exact) mass is 446 g/mol. The van der Waals surface area contributed by atoms with Gasteiger partial charge in [0.05, 0.1) is 13.2 Å². The van der Waals surface area contributed by atoms with Crippen molar-refractivity contribution in [2.75, 3.05) is 13.2 Å². The van der Waals surface area contributed by atoms with Crippen LogP contribution in [0.2, 0.25) is 0 Å². The number of fused-ring (bicyclic) bond motifs is 2. The smallest absolute Gasteiger partial charge is 0.135 e. The molecule has 0 aliphatic carbocycles.